The molecule has 1 rings (SSSR count). The van der Waals surface area contributed by atoms with Crippen LogP contribution >= 0.6 is 11.8 Å². The van der Waals surface area contributed by atoms with Crippen LogP contribution in [0, 0.1) is 0 Å². The zero-order chi connectivity index (χ0) is 11.1. The molecular weight excluding hydrogens is 214 g/mol. The van der Waals surface area contributed by atoms with E-state index >= 15 is 0 Å². The van der Waals surface area contributed by atoms with E-state index in [4.69, 9.17) is 9.84 Å². The van der Waals surface area contributed by atoms with Gasteiger partial charge in [-0.2, -0.15) is 0 Å². The number of carboxylic acid groups (broad SMARTS) is 1. The summed E-state index contributed by atoms with van der Waals surface area (Å²) in [6.07, 6.45) is 0.931. The van der Waals surface area contributed by atoms with Gasteiger partial charge in [-0.15, -0.1) is 11.8 Å². The number of methoxy groups -OCH3 is 1. The minimum Gasteiger partial charge on any atom is -0.477 e. The molecule has 0 aliphatic heterocycles. The molecule has 0 aromatic carbocycles. The van der Waals surface area contributed by atoms with Crippen LogP contribution in [0.5, 0.6) is 0 Å². The molecule has 82 valence electrons. The third kappa shape index (κ3) is 4.31. The van der Waals surface area contributed by atoms with Gasteiger partial charge < -0.3 is 9.84 Å². The number of thioether (sulfide) groups is 1. The highest BCUT2D eigenvalue weighted by atomic mass is 32.2. The number of rotatable bonds is 6. The summed E-state index contributed by atoms with van der Waals surface area (Å²) < 4.78 is 4.91. The van der Waals surface area contributed by atoms with Gasteiger partial charge >= 0.3 is 5.97 Å². The van der Waals surface area contributed by atoms with Crippen LogP contribution in [-0.4, -0.2) is 35.5 Å². The number of aromatic carboxylic acids is 1. The monoisotopic (exact) mass is 227 g/mol. The third-order valence-electron chi connectivity index (χ3n) is 1.69. The number of nitrogens with zero attached hydrogens (tertiary/aromatic N) is 1. The van der Waals surface area contributed by atoms with Crippen LogP contribution in [0.4, 0.5) is 0 Å². The molecule has 1 aromatic rings. The summed E-state index contributed by atoms with van der Waals surface area (Å²) in [5, 5.41) is 9.47. The van der Waals surface area contributed by atoms with Crippen molar-refractivity contribution < 1.29 is 14.6 Å². The molecular formula is C10H13NO3S. The van der Waals surface area contributed by atoms with Crippen LogP contribution < -0.4 is 0 Å². The van der Waals surface area contributed by atoms with Crippen molar-refractivity contribution in [3.63, 3.8) is 0 Å². The van der Waals surface area contributed by atoms with Crippen LogP contribution in [-0.2, 0) is 4.74 Å². The molecule has 0 bridgehead atoms. The fourth-order valence-electron chi connectivity index (χ4n) is 0.994. The zero-order valence-electron chi connectivity index (χ0n) is 8.47. The van der Waals surface area contributed by atoms with Gasteiger partial charge in [-0.25, -0.2) is 9.78 Å². The molecule has 0 saturated carbocycles. The minimum absolute atomic E-state index is 0.0896. The first-order chi connectivity index (χ1) is 7.24. The predicted octanol–water partition coefficient (Wildman–Crippen LogP) is 1.91. The van der Waals surface area contributed by atoms with Crippen molar-refractivity contribution in [1.82, 2.24) is 4.98 Å². The maximum atomic E-state index is 10.6. The second kappa shape index (κ2) is 6.42. The number of carboxylic acids is 1. The first-order valence-electron chi connectivity index (χ1n) is 4.56. The quantitative estimate of drug-likeness (QED) is 0.594. The van der Waals surface area contributed by atoms with Crippen molar-refractivity contribution in [2.75, 3.05) is 19.5 Å². The number of pyridine rings is 1. The molecule has 4 nitrogen and oxygen atoms in total. The lowest BCUT2D eigenvalue weighted by Crippen LogP contribution is -2.00. The third-order valence-corrected chi connectivity index (χ3v) is 2.70. The predicted molar refractivity (Wildman–Crippen MR) is 58.4 cm³/mol. The fraction of sp³-hybridized carbons (Fsp3) is 0.400. The number of hydrogen-bond acceptors (Lipinski definition) is 4. The highest BCUT2D eigenvalue weighted by Crippen LogP contribution is 2.16. The first kappa shape index (κ1) is 12.0. The Morgan fingerprint density at radius 1 is 1.60 bits per heavy atom. The Morgan fingerprint density at radius 3 is 3.07 bits per heavy atom. The van der Waals surface area contributed by atoms with E-state index < -0.39 is 5.97 Å². The van der Waals surface area contributed by atoms with Crippen molar-refractivity contribution in [2.45, 2.75) is 11.4 Å². The molecule has 0 fully saturated rings. The highest BCUT2D eigenvalue weighted by Gasteiger charge is 2.04. The van der Waals surface area contributed by atoms with E-state index in [0.717, 1.165) is 17.2 Å². The zero-order valence-corrected chi connectivity index (χ0v) is 9.29. The van der Waals surface area contributed by atoms with Crippen molar-refractivity contribution in [1.29, 1.82) is 0 Å². The second-order valence-electron chi connectivity index (χ2n) is 2.86. The number of aromatic nitrogens is 1. The molecule has 0 radical (unpaired) electrons. The molecule has 0 spiro atoms. The van der Waals surface area contributed by atoms with E-state index in [0.29, 0.717) is 6.61 Å². The van der Waals surface area contributed by atoms with Gasteiger partial charge in [0.15, 0.2) is 0 Å². The summed E-state index contributed by atoms with van der Waals surface area (Å²) in [5.74, 6) is -0.112. The number of carbonyl (C=O) groups is 1. The highest BCUT2D eigenvalue weighted by molar-refractivity contribution is 7.99. The Kier molecular flexibility index (Phi) is 5.14. The summed E-state index contributed by atoms with van der Waals surface area (Å²) in [6.45, 7) is 0.714. The van der Waals surface area contributed by atoms with Crippen molar-refractivity contribution in [3.8, 4) is 0 Å². The Morgan fingerprint density at radius 2 is 2.40 bits per heavy atom. The SMILES string of the molecule is COCCCSc1cccc(C(=O)O)n1. The summed E-state index contributed by atoms with van der Waals surface area (Å²) in [6, 6.07) is 5.00. The molecule has 15 heavy (non-hydrogen) atoms. The van der Waals surface area contributed by atoms with Crippen molar-refractivity contribution in [2.24, 2.45) is 0 Å². The molecule has 0 atom stereocenters. The standard InChI is InChI=1S/C10H13NO3S/c1-14-6-3-7-15-9-5-2-4-8(11-9)10(12)13/h2,4-5H,3,6-7H2,1H3,(H,12,13). The molecule has 0 unspecified atom stereocenters. The minimum atomic E-state index is -0.991. The van der Waals surface area contributed by atoms with Gasteiger partial charge in [-0.3, -0.25) is 0 Å². The van der Waals surface area contributed by atoms with Gasteiger partial charge in [0.1, 0.15) is 5.69 Å². The average Bonchev–Trinajstić information content (AvgIpc) is 2.25. The number of hydrogen-bond donors (Lipinski definition) is 1. The fourth-order valence-corrected chi connectivity index (χ4v) is 1.80. The molecule has 0 aliphatic rings. The summed E-state index contributed by atoms with van der Waals surface area (Å²) in [5.41, 5.74) is 0.0896. The Balaban J connectivity index is 2.47. The van der Waals surface area contributed by atoms with Gasteiger partial charge in [0.25, 0.3) is 0 Å². The normalized spacial score (nSPS) is 10.2. The maximum Gasteiger partial charge on any atom is 0.354 e. The van der Waals surface area contributed by atoms with Crippen LogP contribution in [0.2, 0.25) is 0 Å². The van der Waals surface area contributed by atoms with E-state index in [9.17, 15) is 4.79 Å². The molecule has 5 heteroatoms. The average molecular weight is 227 g/mol. The van der Waals surface area contributed by atoms with Gasteiger partial charge in [-0.1, -0.05) is 6.07 Å². The smallest absolute Gasteiger partial charge is 0.354 e. The van der Waals surface area contributed by atoms with E-state index in [1.165, 1.54) is 17.8 Å². The Labute approximate surface area is 92.7 Å². The summed E-state index contributed by atoms with van der Waals surface area (Å²) in [4.78, 5) is 14.6. The van der Waals surface area contributed by atoms with Crippen LogP contribution in [0.1, 0.15) is 16.9 Å². The van der Waals surface area contributed by atoms with E-state index in [-0.39, 0.29) is 5.69 Å². The lowest BCUT2D eigenvalue weighted by Gasteiger charge is -2.01. The molecule has 1 N–H and O–H groups in total. The van der Waals surface area contributed by atoms with Gasteiger partial charge in [0.05, 0.1) is 5.03 Å². The van der Waals surface area contributed by atoms with E-state index in [2.05, 4.69) is 4.98 Å². The summed E-state index contributed by atoms with van der Waals surface area (Å²) >= 11 is 1.54. The lowest BCUT2D eigenvalue weighted by atomic mass is 10.4. The van der Waals surface area contributed by atoms with Crippen molar-refractivity contribution >= 4 is 17.7 Å². The maximum absolute atomic E-state index is 10.6. The molecule has 1 aromatic heterocycles. The topological polar surface area (TPSA) is 59.4 Å². The second-order valence-corrected chi connectivity index (χ2v) is 3.98. The molecule has 0 aliphatic carbocycles. The largest absolute Gasteiger partial charge is 0.477 e. The molecule has 1 heterocycles. The van der Waals surface area contributed by atoms with Crippen LogP contribution in [0.3, 0.4) is 0 Å². The van der Waals surface area contributed by atoms with Gasteiger partial charge in [-0.05, 0) is 18.6 Å². The first-order valence-corrected chi connectivity index (χ1v) is 5.54. The Bertz CT molecular complexity index is 330. The van der Waals surface area contributed by atoms with Gasteiger partial charge in [0.2, 0.25) is 0 Å². The lowest BCUT2D eigenvalue weighted by molar-refractivity contribution is 0.0689. The van der Waals surface area contributed by atoms with Gasteiger partial charge in [0, 0.05) is 19.5 Å². The summed E-state index contributed by atoms with van der Waals surface area (Å²) in [7, 11) is 1.66. The van der Waals surface area contributed by atoms with E-state index in [1.807, 2.05) is 6.07 Å². The van der Waals surface area contributed by atoms with E-state index in [1.54, 1.807) is 13.2 Å². The molecule has 0 saturated heterocycles. The Hall–Kier alpha value is -1.07. The number of ether oxygens (including phenoxy) is 1. The van der Waals surface area contributed by atoms with Crippen LogP contribution in [0.15, 0.2) is 23.2 Å². The van der Waals surface area contributed by atoms with Crippen LogP contribution in [0.25, 0.3) is 0 Å². The van der Waals surface area contributed by atoms with Crippen molar-refractivity contribution in [3.05, 3.63) is 23.9 Å². The molecule has 0 amide bonds.